The Hall–Kier alpha value is -3.65. The summed E-state index contributed by atoms with van der Waals surface area (Å²) in [5, 5.41) is 4.31. The summed E-state index contributed by atoms with van der Waals surface area (Å²) in [7, 11) is 0. The van der Waals surface area contributed by atoms with Crippen LogP contribution in [0.3, 0.4) is 0 Å². The number of fused-ring (bicyclic) bond motifs is 1. The summed E-state index contributed by atoms with van der Waals surface area (Å²) in [6, 6.07) is 9.38. The number of anilines is 1. The molecule has 8 heteroatoms. The first kappa shape index (κ1) is 20.0. The second kappa shape index (κ2) is 8.04. The molecular formula is C25H24N6O2. The molecule has 4 aromatic rings. The highest BCUT2D eigenvalue weighted by atomic mass is 16.3. The van der Waals surface area contributed by atoms with Crippen molar-refractivity contribution in [3.63, 3.8) is 0 Å². The Labute approximate surface area is 191 Å². The molecule has 4 aromatic heterocycles. The van der Waals surface area contributed by atoms with E-state index >= 15 is 0 Å². The standard InChI is InChI=1S/C25H24N6O2/c32-22(17-3-6-28-24(9-17)31-7-4-25(5-8-31)14-27-15-25)11-19-10-21-18(12-29-19)1-2-20(30-21)23-13-26-16-33-23/h1-3,6,9-10,12-13,16,27H,4-5,7-8,11,14-15H2. The van der Waals surface area contributed by atoms with Gasteiger partial charge in [-0.25, -0.2) is 15.0 Å². The van der Waals surface area contributed by atoms with Crippen LogP contribution < -0.4 is 10.2 Å². The van der Waals surface area contributed by atoms with E-state index < -0.39 is 0 Å². The molecular weight excluding hydrogens is 416 g/mol. The van der Waals surface area contributed by atoms with Gasteiger partial charge >= 0.3 is 0 Å². The van der Waals surface area contributed by atoms with Crippen molar-refractivity contribution in [2.24, 2.45) is 5.41 Å². The number of hydrogen-bond donors (Lipinski definition) is 1. The van der Waals surface area contributed by atoms with Gasteiger partial charge in [-0.1, -0.05) is 0 Å². The fraction of sp³-hybridized carbons (Fsp3) is 0.320. The minimum Gasteiger partial charge on any atom is -0.442 e. The number of rotatable bonds is 5. The fourth-order valence-corrected chi connectivity index (χ4v) is 4.71. The predicted molar refractivity (Wildman–Crippen MR) is 124 cm³/mol. The van der Waals surface area contributed by atoms with Crippen LogP contribution in [0.1, 0.15) is 28.9 Å². The van der Waals surface area contributed by atoms with Crippen molar-refractivity contribution < 1.29 is 9.21 Å². The molecule has 2 aliphatic rings. The molecule has 166 valence electrons. The summed E-state index contributed by atoms with van der Waals surface area (Å²) in [6.45, 7) is 4.22. The molecule has 1 spiro atoms. The van der Waals surface area contributed by atoms with Gasteiger partial charge in [0.05, 0.1) is 23.8 Å². The maximum absolute atomic E-state index is 13.1. The molecule has 0 radical (unpaired) electrons. The third-order valence-electron chi connectivity index (χ3n) is 6.87. The number of pyridine rings is 3. The second-order valence-electron chi connectivity index (χ2n) is 9.02. The van der Waals surface area contributed by atoms with Gasteiger partial charge < -0.3 is 14.6 Å². The summed E-state index contributed by atoms with van der Waals surface area (Å²) < 4.78 is 5.35. The van der Waals surface area contributed by atoms with Crippen molar-refractivity contribution in [1.82, 2.24) is 25.3 Å². The van der Waals surface area contributed by atoms with E-state index in [2.05, 4.69) is 30.2 Å². The molecule has 2 aliphatic heterocycles. The Morgan fingerprint density at radius 3 is 2.73 bits per heavy atom. The summed E-state index contributed by atoms with van der Waals surface area (Å²) in [4.78, 5) is 33.0. The number of nitrogens with zero attached hydrogens (tertiary/aromatic N) is 5. The predicted octanol–water partition coefficient (Wildman–Crippen LogP) is 3.30. The molecule has 0 aliphatic carbocycles. The average molecular weight is 441 g/mol. The quantitative estimate of drug-likeness (QED) is 0.472. The highest BCUT2D eigenvalue weighted by molar-refractivity contribution is 5.98. The Bertz CT molecular complexity index is 1310. The molecule has 0 saturated carbocycles. The smallest absolute Gasteiger partial charge is 0.181 e. The first-order valence-electron chi connectivity index (χ1n) is 11.3. The van der Waals surface area contributed by atoms with Gasteiger partial charge in [0.2, 0.25) is 0 Å². The van der Waals surface area contributed by atoms with Crippen LogP contribution in [0.15, 0.2) is 59.7 Å². The van der Waals surface area contributed by atoms with Crippen molar-refractivity contribution in [2.45, 2.75) is 19.3 Å². The van der Waals surface area contributed by atoms with Crippen LogP contribution in [0.4, 0.5) is 5.82 Å². The average Bonchev–Trinajstić information content (AvgIpc) is 3.38. The largest absolute Gasteiger partial charge is 0.442 e. The third kappa shape index (κ3) is 3.87. The summed E-state index contributed by atoms with van der Waals surface area (Å²) >= 11 is 0. The van der Waals surface area contributed by atoms with Crippen molar-refractivity contribution in [1.29, 1.82) is 0 Å². The van der Waals surface area contributed by atoms with E-state index in [1.54, 1.807) is 24.7 Å². The van der Waals surface area contributed by atoms with E-state index in [0.29, 0.717) is 28.1 Å². The molecule has 6 rings (SSSR count). The van der Waals surface area contributed by atoms with Crippen LogP contribution in [0.2, 0.25) is 0 Å². The Balaban J connectivity index is 1.19. The number of aromatic nitrogens is 4. The van der Waals surface area contributed by atoms with Gasteiger partial charge in [0.25, 0.3) is 0 Å². The van der Waals surface area contributed by atoms with Crippen LogP contribution in [0.5, 0.6) is 0 Å². The monoisotopic (exact) mass is 440 g/mol. The third-order valence-corrected chi connectivity index (χ3v) is 6.87. The van der Waals surface area contributed by atoms with E-state index in [1.807, 2.05) is 24.3 Å². The Morgan fingerprint density at radius 1 is 1.09 bits per heavy atom. The number of oxazole rings is 1. The lowest BCUT2D eigenvalue weighted by molar-refractivity contribution is 0.0991. The molecule has 6 heterocycles. The van der Waals surface area contributed by atoms with Gasteiger partial charge in [0.15, 0.2) is 17.9 Å². The number of piperidine rings is 1. The molecule has 0 aromatic carbocycles. The van der Waals surface area contributed by atoms with Crippen molar-refractivity contribution in [3.8, 4) is 11.5 Å². The number of Topliss-reactive ketones (excluding diaryl/α,β-unsaturated/α-hetero) is 1. The number of carbonyl (C=O) groups is 1. The normalized spacial score (nSPS) is 17.3. The SMILES string of the molecule is O=C(Cc1cc2nc(-c3cnco3)ccc2cn1)c1ccnc(N2CCC3(CC2)CNC3)c1. The summed E-state index contributed by atoms with van der Waals surface area (Å²) in [5.74, 6) is 1.51. The van der Waals surface area contributed by atoms with Gasteiger partial charge in [0, 0.05) is 49.5 Å². The maximum atomic E-state index is 13.1. The Morgan fingerprint density at radius 2 is 1.97 bits per heavy atom. The number of nitrogens with one attached hydrogen (secondary N) is 1. The van der Waals surface area contributed by atoms with Gasteiger partial charge in [-0.2, -0.15) is 0 Å². The minimum absolute atomic E-state index is 0.0218. The Kier molecular flexibility index (Phi) is 4.87. The minimum atomic E-state index is 0.0218. The lowest BCUT2D eigenvalue weighted by Gasteiger charge is -2.48. The zero-order chi connectivity index (χ0) is 22.3. The first-order chi connectivity index (χ1) is 16.2. The van der Waals surface area contributed by atoms with Gasteiger partial charge in [0.1, 0.15) is 11.5 Å². The van der Waals surface area contributed by atoms with Crippen LogP contribution >= 0.6 is 0 Å². The van der Waals surface area contributed by atoms with Crippen LogP contribution in [-0.2, 0) is 6.42 Å². The van der Waals surface area contributed by atoms with E-state index in [4.69, 9.17) is 4.42 Å². The van der Waals surface area contributed by atoms with Crippen LogP contribution in [0, 0.1) is 5.41 Å². The van der Waals surface area contributed by atoms with Crippen molar-refractivity contribution >= 4 is 22.5 Å². The van der Waals surface area contributed by atoms with Gasteiger partial charge in [-0.3, -0.25) is 9.78 Å². The van der Waals surface area contributed by atoms with Crippen LogP contribution in [-0.4, -0.2) is 51.9 Å². The van der Waals surface area contributed by atoms with E-state index in [1.165, 1.54) is 19.2 Å². The molecule has 0 bridgehead atoms. The molecule has 2 saturated heterocycles. The van der Waals surface area contributed by atoms with E-state index in [0.717, 1.165) is 42.9 Å². The highest BCUT2D eigenvalue weighted by Crippen LogP contribution is 2.36. The molecule has 0 atom stereocenters. The number of ketones is 1. The molecule has 2 fully saturated rings. The lowest BCUT2D eigenvalue weighted by Crippen LogP contribution is -2.58. The maximum Gasteiger partial charge on any atom is 0.181 e. The molecule has 0 unspecified atom stereocenters. The number of carbonyl (C=O) groups excluding carboxylic acids is 1. The van der Waals surface area contributed by atoms with Gasteiger partial charge in [-0.05, 0) is 48.6 Å². The number of hydrogen-bond acceptors (Lipinski definition) is 8. The first-order valence-corrected chi connectivity index (χ1v) is 11.3. The summed E-state index contributed by atoms with van der Waals surface area (Å²) in [6.07, 6.45) is 9.05. The van der Waals surface area contributed by atoms with Crippen molar-refractivity contribution in [3.05, 3.63) is 66.6 Å². The second-order valence-corrected chi connectivity index (χ2v) is 9.02. The fourth-order valence-electron chi connectivity index (χ4n) is 4.71. The molecule has 1 N–H and O–H groups in total. The summed E-state index contributed by atoms with van der Waals surface area (Å²) in [5.41, 5.74) is 3.29. The molecule has 33 heavy (non-hydrogen) atoms. The van der Waals surface area contributed by atoms with E-state index in [9.17, 15) is 4.79 Å². The van der Waals surface area contributed by atoms with Crippen LogP contribution in [0.25, 0.3) is 22.4 Å². The topological polar surface area (TPSA) is 97.0 Å². The zero-order valence-electron chi connectivity index (χ0n) is 18.2. The molecule has 0 amide bonds. The van der Waals surface area contributed by atoms with Gasteiger partial charge in [-0.15, -0.1) is 0 Å². The van der Waals surface area contributed by atoms with Crippen molar-refractivity contribution in [2.75, 3.05) is 31.1 Å². The molecule has 8 nitrogen and oxygen atoms in total. The lowest BCUT2D eigenvalue weighted by atomic mass is 9.73. The van der Waals surface area contributed by atoms with E-state index in [-0.39, 0.29) is 12.2 Å². The zero-order valence-corrected chi connectivity index (χ0v) is 18.2. The highest BCUT2D eigenvalue weighted by Gasteiger charge is 2.39.